The molecule has 0 saturated carbocycles. The lowest BCUT2D eigenvalue weighted by atomic mass is 10.2. The molecule has 0 unspecified atom stereocenters. The maximum Gasteiger partial charge on any atom is 0.223 e. The van der Waals surface area contributed by atoms with Gasteiger partial charge in [0.05, 0.1) is 22.0 Å². The fourth-order valence-corrected chi connectivity index (χ4v) is 4.46. The molecule has 3 aromatic rings. The molecule has 1 aromatic heterocycles. The SMILES string of the molecule is Cc1nn(-c2ccccc2)c(C)c1CN(C)C(=O)CCS(=O)(=O)c1ccccc1. The van der Waals surface area contributed by atoms with E-state index in [-0.39, 0.29) is 23.0 Å². The van der Waals surface area contributed by atoms with Gasteiger partial charge in [-0.1, -0.05) is 36.4 Å². The van der Waals surface area contributed by atoms with Crippen molar-refractivity contribution in [3.63, 3.8) is 0 Å². The molecule has 7 heteroatoms. The van der Waals surface area contributed by atoms with Gasteiger partial charge in [0, 0.05) is 31.3 Å². The zero-order valence-corrected chi connectivity index (χ0v) is 17.7. The van der Waals surface area contributed by atoms with Crippen molar-refractivity contribution in [1.29, 1.82) is 0 Å². The highest BCUT2D eigenvalue weighted by Crippen LogP contribution is 2.20. The van der Waals surface area contributed by atoms with Gasteiger partial charge in [-0.15, -0.1) is 0 Å². The Hall–Kier alpha value is -2.93. The predicted octanol–water partition coefficient (Wildman–Crippen LogP) is 3.31. The van der Waals surface area contributed by atoms with Gasteiger partial charge in [0.15, 0.2) is 9.84 Å². The van der Waals surface area contributed by atoms with Gasteiger partial charge >= 0.3 is 0 Å². The Morgan fingerprint density at radius 3 is 2.21 bits per heavy atom. The summed E-state index contributed by atoms with van der Waals surface area (Å²) in [5, 5.41) is 4.60. The monoisotopic (exact) mass is 411 g/mol. The molecule has 0 aliphatic rings. The fraction of sp³-hybridized carbons (Fsp3) is 0.273. The molecule has 0 N–H and O–H groups in total. The molecule has 0 bridgehead atoms. The second kappa shape index (κ2) is 8.61. The molecule has 0 aliphatic carbocycles. The molecule has 0 spiro atoms. The van der Waals surface area contributed by atoms with Gasteiger partial charge in [-0.25, -0.2) is 13.1 Å². The first-order valence-electron chi connectivity index (χ1n) is 9.42. The van der Waals surface area contributed by atoms with E-state index in [0.717, 1.165) is 22.6 Å². The molecule has 2 aromatic carbocycles. The van der Waals surface area contributed by atoms with Crippen LogP contribution >= 0.6 is 0 Å². The van der Waals surface area contributed by atoms with E-state index in [1.165, 1.54) is 0 Å². The van der Waals surface area contributed by atoms with Gasteiger partial charge in [0.25, 0.3) is 0 Å². The molecular formula is C22H25N3O3S. The quantitative estimate of drug-likeness (QED) is 0.598. The normalized spacial score (nSPS) is 11.4. The Balaban J connectivity index is 1.68. The Bertz CT molecular complexity index is 1090. The summed E-state index contributed by atoms with van der Waals surface area (Å²) in [4.78, 5) is 14.4. The zero-order valence-electron chi connectivity index (χ0n) is 16.9. The number of hydrogen-bond acceptors (Lipinski definition) is 4. The van der Waals surface area contributed by atoms with Gasteiger partial charge in [-0.05, 0) is 38.1 Å². The molecule has 1 amide bonds. The summed E-state index contributed by atoms with van der Waals surface area (Å²) >= 11 is 0. The van der Waals surface area contributed by atoms with Crippen LogP contribution in [0, 0.1) is 13.8 Å². The molecule has 29 heavy (non-hydrogen) atoms. The van der Waals surface area contributed by atoms with E-state index in [9.17, 15) is 13.2 Å². The highest BCUT2D eigenvalue weighted by atomic mass is 32.2. The van der Waals surface area contributed by atoms with E-state index in [1.54, 1.807) is 42.3 Å². The van der Waals surface area contributed by atoms with Crippen LogP contribution in [0.25, 0.3) is 5.69 Å². The van der Waals surface area contributed by atoms with Crippen LogP contribution in [0.15, 0.2) is 65.6 Å². The van der Waals surface area contributed by atoms with Crippen molar-refractivity contribution in [2.75, 3.05) is 12.8 Å². The van der Waals surface area contributed by atoms with E-state index < -0.39 is 9.84 Å². The molecule has 152 valence electrons. The number of nitrogens with zero attached hydrogens (tertiary/aromatic N) is 3. The number of aryl methyl sites for hydroxylation is 1. The Labute approximate surface area is 171 Å². The summed E-state index contributed by atoms with van der Waals surface area (Å²) in [6, 6.07) is 18.0. The lowest BCUT2D eigenvalue weighted by molar-refractivity contribution is -0.130. The number of hydrogen-bond donors (Lipinski definition) is 0. The Morgan fingerprint density at radius 1 is 1.00 bits per heavy atom. The van der Waals surface area contributed by atoms with Gasteiger partial charge in [0.1, 0.15) is 0 Å². The van der Waals surface area contributed by atoms with Crippen LogP contribution in [0.4, 0.5) is 0 Å². The first kappa shape index (κ1) is 20.8. The van der Waals surface area contributed by atoms with Gasteiger partial charge in [-0.2, -0.15) is 5.10 Å². The van der Waals surface area contributed by atoms with Crippen LogP contribution in [0.3, 0.4) is 0 Å². The summed E-state index contributed by atoms with van der Waals surface area (Å²) in [5.41, 5.74) is 3.74. The molecule has 6 nitrogen and oxygen atoms in total. The van der Waals surface area contributed by atoms with E-state index >= 15 is 0 Å². The number of aromatic nitrogens is 2. The summed E-state index contributed by atoms with van der Waals surface area (Å²) in [7, 11) is -1.78. The highest BCUT2D eigenvalue weighted by molar-refractivity contribution is 7.91. The first-order chi connectivity index (χ1) is 13.8. The summed E-state index contributed by atoms with van der Waals surface area (Å²) < 4.78 is 26.7. The summed E-state index contributed by atoms with van der Waals surface area (Å²) in [5.74, 6) is -0.419. The van der Waals surface area contributed by atoms with Crippen molar-refractivity contribution in [3.8, 4) is 5.69 Å². The highest BCUT2D eigenvalue weighted by Gasteiger charge is 2.20. The van der Waals surface area contributed by atoms with E-state index in [2.05, 4.69) is 5.10 Å². The van der Waals surface area contributed by atoms with Crippen molar-refractivity contribution in [2.45, 2.75) is 31.7 Å². The number of carbonyl (C=O) groups excluding carboxylic acids is 1. The minimum Gasteiger partial charge on any atom is -0.341 e. The van der Waals surface area contributed by atoms with E-state index in [0.29, 0.717) is 6.54 Å². The van der Waals surface area contributed by atoms with Gasteiger partial charge in [0.2, 0.25) is 5.91 Å². The topological polar surface area (TPSA) is 72.3 Å². The third-order valence-electron chi connectivity index (χ3n) is 4.95. The average molecular weight is 412 g/mol. The van der Waals surface area contributed by atoms with Crippen LogP contribution in [0.5, 0.6) is 0 Å². The van der Waals surface area contributed by atoms with Crippen molar-refractivity contribution >= 4 is 15.7 Å². The second-order valence-electron chi connectivity index (χ2n) is 7.03. The number of amides is 1. The lowest BCUT2D eigenvalue weighted by Crippen LogP contribution is -2.28. The number of rotatable bonds is 7. The van der Waals surface area contributed by atoms with Crippen molar-refractivity contribution < 1.29 is 13.2 Å². The number of sulfone groups is 1. The molecular weight excluding hydrogens is 386 g/mol. The molecule has 3 rings (SSSR count). The number of carbonyl (C=O) groups is 1. The van der Waals surface area contributed by atoms with Crippen LogP contribution in [0.2, 0.25) is 0 Å². The van der Waals surface area contributed by atoms with Gasteiger partial charge < -0.3 is 4.90 Å². The van der Waals surface area contributed by atoms with Crippen molar-refractivity contribution in [2.24, 2.45) is 0 Å². The maximum absolute atomic E-state index is 12.6. The minimum atomic E-state index is -3.47. The molecule has 0 atom stereocenters. The second-order valence-corrected chi connectivity index (χ2v) is 9.14. The number of benzene rings is 2. The smallest absolute Gasteiger partial charge is 0.223 e. The molecule has 0 saturated heterocycles. The standard InChI is InChI=1S/C22H25N3O3S/c1-17-21(18(2)25(23-17)19-10-6-4-7-11-19)16-24(3)22(26)14-15-29(27,28)20-12-8-5-9-13-20/h4-13H,14-16H2,1-3H3. The van der Waals surface area contributed by atoms with Crippen LogP contribution in [-0.2, 0) is 21.2 Å². The summed E-state index contributed by atoms with van der Waals surface area (Å²) in [6.45, 7) is 4.27. The third kappa shape index (κ3) is 4.74. The fourth-order valence-electron chi connectivity index (χ4n) is 3.21. The largest absolute Gasteiger partial charge is 0.341 e. The first-order valence-corrected chi connectivity index (χ1v) is 11.1. The van der Waals surface area contributed by atoms with E-state index in [1.807, 2.05) is 48.9 Å². The van der Waals surface area contributed by atoms with Crippen molar-refractivity contribution in [3.05, 3.63) is 77.6 Å². The maximum atomic E-state index is 12.6. The lowest BCUT2D eigenvalue weighted by Gasteiger charge is -2.18. The minimum absolute atomic E-state index is 0.0569. The van der Waals surface area contributed by atoms with Gasteiger partial charge in [-0.3, -0.25) is 4.79 Å². The number of para-hydroxylation sites is 1. The third-order valence-corrected chi connectivity index (χ3v) is 6.68. The Morgan fingerprint density at radius 2 is 1.59 bits per heavy atom. The van der Waals surface area contributed by atoms with Crippen molar-refractivity contribution in [1.82, 2.24) is 14.7 Å². The molecule has 0 fully saturated rings. The summed E-state index contributed by atoms with van der Waals surface area (Å²) in [6.07, 6.45) is -0.0569. The molecule has 1 heterocycles. The molecule has 0 aliphatic heterocycles. The predicted molar refractivity (Wildman–Crippen MR) is 113 cm³/mol. The van der Waals surface area contributed by atoms with Crippen LogP contribution in [-0.4, -0.2) is 41.8 Å². The average Bonchev–Trinajstić information content (AvgIpc) is 3.01. The molecule has 0 radical (unpaired) electrons. The van der Waals surface area contributed by atoms with E-state index in [4.69, 9.17) is 0 Å². The zero-order chi connectivity index (χ0) is 21.0. The van der Waals surface area contributed by atoms with Crippen LogP contribution < -0.4 is 0 Å². The van der Waals surface area contributed by atoms with Crippen LogP contribution in [0.1, 0.15) is 23.4 Å². The Kier molecular flexibility index (Phi) is 6.17.